The molecule has 0 saturated heterocycles. The van der Waals surface area contributed by atoms with Crippen LogP contribution in [0.5, 0.6) is 11.5 Å². The lowest BCUT2D eigenvalue weighted by Crippen LogP contribution is -2.13. The lowest BCUT2D eigenvalue weighted by Gasteiger charge is -2.17. The van der Waals surface area contributed by atoms with E-state index in [1.165, 1.54) is 10.4 Å². The van der Waals surface area contributed by atoms with E-state index in [0.717, 1.165) is 35.0 Å². The molecule has 2 aromatic heterocycles. The Kier molecular flexibility index (Phi) is 4.74. The van der Waals surface area contributed by atoms with Crippen LogP contribution in [0.1, 0.15) is 23.8 Å². The fourth-order valence-corrected chi connectivity index (χ4v) is 4.95. The highest BCUT2D eigenvalue weighted by molar-refractivity contribution is 7.18. The molecule has 1 N–H and O–H groups in total. The third-order valence-corrected chi connectivity index (χ3v) is 6.11. The van der Waals surface area contributed by atoms with Crippen molar-refractivity contribution in [3.8, 4) is 22.9 Å². The zero-order valence-corrected chi connectivity index (χ0v) is 16.3. The number of hydrogen-bond donors (Lipinski definition) is 1. The molecule has 5 nitrogen and oxygen atoms in total. The number of rotatable bonds is 5. The van der Waals surface area contributed by atoms with E-state index in [1.54, 1.807) is 24.5 Å². The van der Waals surface area contributed by atoms with Crippen LogP contribution in [-0.2, 0) is 12.8 Å². The van der Waals surface area contributed by atoms with Crippen LogP contribution in [0.4, 0.5) is 0 Å². The van der Waals surface area contributed by atoms with Crippen LogP contribution in [0, 0.1) is 5.92 Å². The lowest BCUT2D eigenvalue weighted by atomic mass is 9.89. The number of hydrogen-bond acceptors (Lipinski definition) is 5. The minimum absolute atomic E-state index is 0.0620. The van der Waals surface area contributed by atoms with Gasteiger partial charge in [-0.1, -0.05) is 19.6 Å². The van der Waals surface area contributed by atoms with Crippen molar-refractivity contribution in [3.63, 3.8) is 0 Å². The number of benzene rings is 1. The van der Waals surface area contributed by atoms with Crippen molar-refractivity contribution in [2.45, 2.75) is 26.2 Å². The molecule has 1 unspecified atom stereocenters. The number of aromatic nitrogens is 2. The smallest absolute Gasteiger partial charge is 0.260 e. The number of thiophene rings is 1. The van der Waals surface area contributed by atoms with Crippen LogP contribution in [0.15, 0.2) is 35.6 Å². The van der Waals surface area contributed by atoms with Crippen molar-refractivity contribution in [2.75, 3.05) is 13.7 Å². The van der Waals surface area contributed by atoms with E-state index in [-0.39, 0.29) is 5.56 Å². The fourth-order valence-electron chi connectivity index (χ4n) is 3.57. The molecule has 1 atom stereocenters. The predicted molar refractivity (Wildman–Crippen MR) is 109 cm³/mol. The molecule has 6 heteroatoms. The molecule has 0 bridgehead atoms. The highest BCUT2D eigenvalue weighted by atomic mass is 32.1. The van der Waals surface area contributed by atoms with E-state index in [9.17, 15) is 4.79 Å². The minimum Gasteiger partial charge on any atom is -0.493 e. The van der Waals surface area contributed by atoms with Gasteiger partial charge in [0, 0.05) is 10.4 Å². The van der Waals surface area contributed by atoms with Gasteiger partial charge in [0.1, 0.15) is 17.3 Å². The van der Waals surface area contributed by atoms with Gasteiger partial charge in [-0.05, 0) is 48.9 Å². The normalized spacial score (nSPS) is 16.1. The Hall–Kier alpha value is -2.60. The molecule has 3 aromatic rings. The monoisotopic (exact) mass is 382 g/mol. The summed E-state index contributed by atoms with van der Waals surface area (Å²) >= 11 is 1.65. The summed E-state index contributed by atoms with van der Waals surface area (Å²) in [7, 11) is 1.59. The number of aromatic amines is 1. The Morgan fingerprint density at radius 1 is 1.41 bits per heavy atom. The molecule has 27 heavy (non-hydrogen) atoms. The van der Waals surface area contributed by atoms with Gasteiger partial charge in [-0.3, -0.25) is 4.79 Å². The van der Waals surface area contributed by atoms with Crippen LogP contribution in [0.3, 0.4) is 0 Å². The van der Waals surface area contributed by atoms with Crippen molar-refractivity contribution in [2.24, 2.45) is 5.92 Å². The lowest BCUT2D eigenvalue weighted by molar-refractivity contribution is 0.326. The molecule has 0 aliphatic heterocycles. The molecule has 1 aliphatic rings. The number of nitrogens with zero attached hydrogens (tertiary/aromatic N) is 1. The minimum atomic E-state index is -0.0620. The zero-order chi connectivity index (χ0) is 19.0. The standard InChI is InChI=1S/C21H22N2O3S/c1-4-9-26-15-8-6-13(11-16(15)25-3)19-22-20(24)18-14-7-5-12(2)10-17(14)27-21(18)23-19/h4,6,8,11-12H,1,5,7,9-10H2,2-3H3,(H,22,23,24). The van der Waals surface area contributed by atoms with Crippen LogP contribution in [0.2, 0.25) is 0 Å². The van der Waals surface area contributed by atoms with Gasteiger partial charge in [0.25, 0.3) is 5.56 Å². The van der Waals surface area contributed by atoms with Crippen molar-refractivity contribution in [3.05, 3.63) is 51.6 Å². The molecule has 0 fully saturated rings. The Bertz CT molecular complexity index is 1070. The average Bonchev–Trinajstić information content (AvgIpc) is 3.03. The van der Waals surface area contributed by atoms with Crippen LogP contribution in [0.25, 0.3) is 21.6 Å². The van der Waals surface area contributed by atoms with E-state index < -0.39 is 0 Å². The van der Waals surface area contributed by atoms with Gasteiger partial charge >= 0.3 is 0 Å². The van der Waals surface area contributed by atoms with E-state index in [4.69, 9.17) is 14.5 Å². The summed E-state index contributed by atoms with van der Waals surface area (Å²) in [6.45, 7) is 6.31. The quantitative estimate of drug-likeness (QED) is 0.666. The molecule has 0 radical (unpaired) electrons. The molecular weight excluding hydrogens is 360 g/mol. The number of methoxy groups -OCH3 is 1. The summed E-state index contributed by atoms with van der Waals surface area (Å²) in [6.07, 6.45) is 4.81. The maximum absolute atomic E-state index is 12.8. The van der Waals surface area contributed by atoms with Gasteiger partial charge in [-0.2, -0.15) is 0 Å². The summed E-state index contributed by atoms with van der Waals surface area (Å²) in [5.74, 6) is 2.44. The molecule has 140 valence electrons. The second-order valence-electron chi connectivity index (χ2n) is 6.91. The van der Waals surface area contributed by atoms with Crippen LogP contribution in [-0.4, -0.2) is 23.7 Å². The number of aryl methyl sites for hydroxylation is 1. The summed E-state index contributed by atoms with van der Waals surface area (Å²) < 4.78 is 11.0. The number of nitrogens with one attached hydrogen (secondary N) is 1. The highest BCUT2D eigenvalue weighted by Crippen LogP contribution is 2.37. The first kappa shape index (κ1) is 17.8. The molecule has 2 heterocycles. The first-order chi connectivity index (χ1) is 13.1. The summed E-state index contributed by atoms with van der Waals surface area (Å²) in [4.78, 5) is 22.6. The Labute approximate surface area is 161 Å². The summed E-state index contributed by atoms with van der Waals surface area (Å²) in [5, 5.41) is 0.767. The molecule has 1 aliphatic carbocycles. The van der Waals surface area contributed by atoms with Crippen LogP contribution < -0.4 is 15.0 Å². The topological polar surface area (TPSA) is 64.2 Å². The largest absolute Gasteiger partial charge is 0.493 e. The van der Waals surface area contributed by atoms with Gasteiger partial charge in [0.2, 0.25) is 0 Å². The molecule has 0 amide bonds. The van der Waals surface area contributed by atoms with Gasteiger partial charge in [-0.15, -0.1) is 11.3 Å². The van der Waals surface area contributed by atoms with Gasteiger partial charge in [0.05, 0.1) is 12.5 Å². The van der Waals surface area contributed by atoms with E-state index in [1.807, 2.05) is 18.2 Å². The zero-order valence-electron chi connectivity index (χ0n) is 15.5. The first-order valence-corrected chi connectivity index (χ1v) is 9.89. The van der Waals surface area contributed by atoms with Gasteiger partial charge in [0.15, 0.2) is 11.5 Å². The summed E-state index contributed by atoms with van der Waals surface area (Å²) in [5.41, 5.74) is 1.92. The average molecular weight is 382 g/mol. The molecule has 1 aromatic carbocycles. The van der Waals surface area contributed by atoms with Gasteiger partial charge in [-0.25, -0.2) is 4.98 Å². The van der Waals surface area contributed by atoms with Crippen molar-refractivity contribution in [1.29, 1.82) is 0 Å². The van der Waals surface area contributed by atoms with Crippen molar-refractivity contribution < 1.29 is 9.47 Å². The van der Waals surface area contributed by atoms with Crippen molar-refractivity contribution >= 4 is 21.6 Å². The molecule has 4 rings (SSSR count). The van der Waals surface area contributed by atoms with E-state index in [2.05, 4.69) is 18.5 Å². The summed E-state index contributed by atoms with van der Waals surface area (Å²) in [6, 6.07) is 5.53. The predicted octanol–water partition coefficient (Wildman–Crippen LogP) is 4.35. The SMILES string of the molecule is C=CCOc1ccc(-c2nc3sc4c(c3c(=O)[nH]2)CCC(C)C4)cc1OC. The second kappa shape index (κ2) is 7.19. The first-order valence-electron chi connectivity index (χ1n) is 9.07. The van der Waals surface area contributed by atoms with Crippen molar-refractivity contribution in [1.82, 2.24) is 9.97 Å². The molecular formula is C21H22N2O3S. The Balaban J connectivity index is 1.78. The Morgan fingerprint density at radius 3 is 3.04 bits per heavy atom. The second-order valence-corrected chi connectivity index (χ2v) is 8.00. The Morgan fingerprint density at radius 2 is 2.26 bits per heavy atom. The number of ether oxygens (including phenoxy) is 2. The number of H-pyrrole nitrogens is 1. The van der Waals surface area contributed by atoms with E-state index in [0.29, 0.717) is 29.8 Å². The molecule has 0 saturated carbocycles. The third-order valence-electron chi connectivity index (χ3n) is 4.96. The maximum atomic E-state index is 12.8. The third kappa shape index (κ3) is 3.25. The fraction of sp³-hybridized carbons (Fsp3) is 0.333. The highest BCUT2D eigenvalue weighted by Gasteiger charge is 2.23. The maximum Gasteiger partial charge on any atom is 0.260 e. The van der Waals surface area contributed by atoms with Crippen LogP contribution >= 0.6 is 11.3 Å². The van der Waals surface area contributed by atoms with Gasteiger partial charge < -0.3 is 14.5 Å². The number of fused-ring (bicyclic) bond motifs is 3. The van der Waals surface area contributed by atoms with E-state index >= 15 is 0 Å². The molecule has 0 spiro atoms.